The van der Waals surface area contributed by atoms with Gasteiger partial charge in [0.2, 0.25) is 5.91 Å². The molecular weight excluding hydrogens is 570 g/mol. The molecule has 2 saturated carbocycles. The number of ether oxygens (including phenoxy) is 1. The second-order valence-electron chi connectivity index (χ2n) is 12.5. The Kier molecular flexibility index (Phi) is 8.27. The molecule has 45 heavy (non-hydrogen) atoms. The summed E-state index contributed by atoms with van der Waals surface area (Å²) in [5.74, 6) is -0.733. The maximum Gasteiger partial charge on any atom is 0.328 e. The number of benzene rings is 2. The minimum atomic E-state index is -1.07. The smallest absolute Gasteiger partial charge is 0.328 e. The lowest BCUT2D eigenvalue weighted by atomic mass is 9.75. The molecule has 2 aliphatic rings. The molecule has 2 amide bonds. The highest BCUT2D eigenvalue weighted by Gasteiger charge is 2.45. The van der Waals surface area contributed by atoms with Gasteiger partial charge in [-0.1, -0.05) is 18.9 Å². The summed E-state index contributed by atoms with van der Waals surface area (Å²) in [7, 11) is 2.03. The molecule has 4 aromatic rings. The first-order valence-electron chi connectivity index (χ1n) is 15.7. The largest absolute Gasteiger partial charge is 0.490 e. The standard InChI is InChI=1S/C36H39N3O6/c1-22(2)45-30-20-27(12-9-23(30)11-14-31(40)41)37-35(43)36(16-6-17-36)38-34(42)25-10-13-28-29(19-25)39(3)33(26-15-18-44-21-26)32(28)24-7-4-5-8-24/h9-15,18-22,24H,4-8,16-17H2,1-3H3,(H,37,43)(H,38,42)(H,40,41)/b14-11+. The molecule has 0 bridgehead atoms. The molecule has 0 saturated heterocycles. The first-order valence-corrected chi connectivity index (χ1v) is 15.7. The monoisotopic (exact) mass is 609 g/mol. The topological polar surface area (TPSA) is 123 Å². The van der Waals surface area contributed by atoms with E-state index in [-0.39, 0.29) is 17.9 Å². The molecule has 0 aliphatic heterocycles. The first kappa shape index (κ1) is 30.2. The van der Waals surface area contributed by atoms with Gasteiger partial charge in [0.1, 0.15) is 11.3 Å². The molecule has 2 aliphatic carbocycles. The molecule has 234 valence electrons. The molecule has 2 aromatic heterocycles. The SMILES string of the molecule is CC(C)Oc1cc(NC(=O)C2(NC(=O)c3ccc4c(C5CCCC5)c(-c5ccoc5)n(C)c4c3)CCC2)ccc1/C=C/C(=O)O. The molecule has 2 aromatic carbocycles. The highest BCUT2D eigenvalue weighted by Crippen LogP contribution is 2.45. The number of carbonyl (C=O) groups is 3. The van der Waals surface area contributed by atoms with Gasteiger partial charge in [-0.15, -0.1) is 0 Å². The maximum absolute atomic E-state index is 13.7. The zero-order valence-corrected chi connectivity index (χ0v) is 25.9. The summed E-state index contributed by atoms with van der Waals surface area (Å²) in [5, 5.41) is 16.2. The molecule has 0 spiro atoms. The van der Waals surface area contributed by atoms with Crippen molar-refractivity contribution in [1.29, 1.82) is 0 Å². The molecule has 0 unspecified atom stereocenters. The van der Waals surface area contributed by atoms with E-state index in [9.17, 15) is 14.4 Å². The van der Waals surface area contributed by atoms with Crippen molar-refractivity contribution in [1.82, 2.24) is 9.88 Å². The number of aliphatic carboxylic acids is 1. The van der Waals surface area contributed by atoms with Gasteiger partial charge in [-0.05, 0) is 93.8 Å². The Morgan fingerprint density at radius 3 is 2.49 bits per heavy atom. The number of aromatic nitrogens is 1. The van der Waals surface area contributed by atoms with Crippen LogP contribution in [0.15, 0.2) is 65.5 Å². The zero-order valence-electron chi connectivity index (χ0n) is 25.9. The minimum absolute atomic E-state index is 0.156. The van der Waals surface area contributed by atoms with Crippen molar-refractivity contribution in [3.05, 3.63) is 77.8 Å². The van der Waals surface area contributed by atoms with E-state index >= 15 is 0 Å². The Labute approximate surface area is 262 Å². The predicted octanol–water partition coefficient (Wildman–Crippen LogP) is 7.27. The number of fused-ring (bicyclic) bond motifs is 1. The van der Waals surface area contributed by atoms with Crippen molar-refractivity contribution in [3.8, 4) is 17.0 Å². The van der Waals surface area contributed by atoms with Gasteiger partial charge in [0, 0.05) is 52.5 Å². The third-order valence-corrected chi connectivity index (χ3v) is 9.09. The summed E-state index contributed by atoms with van der Waals surface area (Å²) < 4.78 is 13.5. The van der Waals surface area contributed by atoms with Crippen LogP contribution in [0.3, 0.4) is 0 Å². The second kappa shape index (κ2) is 12.3. The van der Waals surface area contributed by atoms with Crippen LogP contribution < -0.4 is 15.4 Å². The number of carboxylic acid groups (broad SMARTS) is 1. The van der Waals surface area contributed by atoms with E-state index in [1.807, 2.05) is 45.2 Å². The lowest BCUT2D eigenvalue weighted by Gasteiger charge is -2.40. The third-order valence-electron chi connectivity index (χ3n) is 9.09. The molecule has 0 atom stereocenters. The Morgan fingerprint density at radius 2 is 1.84 bits per heavy atom. The number of furan rings is 1. The Morgan fingerprint density at radius 1 is 1.07 bits per heavy atom. The number of hydrogen-bond donors (Lipinski definition) is 3. The number of nitrogens with one attached hydrogen (secondary N) is 2. The van der Waals surface area contributed by atoms with Gasteiger partial charge in [0.15, 0.2) is 0 Å². The van der Waals surface area contributed by atoms with E-state index in [2.05, 4.69) is 15.2 Å². The number of hydrogen-bond acceptors (Lipinski definition) is 5. The molecule has 2 fully saturated rings. The van der Waals surface area contributed by atoms with Crippen LogP contribution in [0.2, 0.25) is 0 Å². The van der Waals surface area contributed by atoms with Crippen LogP contribution in [0.5, 0.6) is 5.75 Å². The van der Waals surface area contributed by atoms with Crippen molar-refractivity contribution in [2.24, 2.45) is 7.05 Å². The van der Waals surface area contributed by atoms with Crippen LogP contribution >= 0.6 is 0 Å². The average Bonchev–Trinajstić information content (AvgIpc) is 3.75. The van der Waals surface area contributed by atoms with Crippen LogP contribution in [0.1, 0.15) is 86.2 Å². The summed E-state index contributed by atoms with van der Waals surface area (Å²) in [4.78, 5) is 38.4. The number of anilines is 1. The molecule has 9 nitrogen and oxygen atoms in total. The van der Waals surface area contributed by atoms with Gasteiger partial charge >= 0.3 is 5.97 Å². The van der Waals surface area contributed by atoms with Crippen LogP contribution in [0.4, 0.5) is 5.69 Å². The van der Waals surface area contributed by atoms with Crippen LogP contribution in [-0.2, 0) is 16.6 Å². The van der Waals surface area contributed by atoms with Gasteiger partial charge in [-0.25, -0.2) is 4.79 Å². The summed E-state index contributed by atoms with van der Waals surface area (Å²) >= 11 is 0. The number of rotatable bonds is 10. The van der Waals surface area contributed by atoms with Crippen molar-refractivity contribution < 1.29 is 28.6 Å². The van der Waals surface area contributed by atoms with E-state index < -0.39 is 11.5 Å². The van der Waals surface area contributed by atoms with E-state index in [0.717, 1.165) is 47.5 Å². The van der Waals surface area contributed by atoms with Crippen molar-refractivity contribution >= 4 is 40.4 Å². The molecule has 3 N–H and O–H groups in total. The second-order valence-corrected chi connectivity index (χ2v) is 12.5. The van der Waals surface area contributed by atoms with Gasteiger partial charge < -0.3 is 29.5 Å². The molecular formula is C36H39N3O6. The fourth-order valence-electron chi connectivity index (χ4n) is 6.73. The quantitative estimate of drug-likeness (QED) is 0.163. The molecule has 2 heterocycles. The van der Waals surface area contributed by atoms with Crippen LogP contribution in [-0.4, -0.2) is 39.1 Å². The Balaban J connectivity index is 1.25. The zero-order chi connectivity index (χ0) is 31.7. The fourth-order valence-corrected chi connectivity index (χ4v) is 6.73. The van der Waals surface area contributed by atoms with Crippen molar-refractivity contribution in [3.63, 3.8) is 0 Å². The number of carbonyl (C=O) groups excluding carboxylic acids is 2. The fraction of sp³-hybridized carbons (Fsp3) is 0.361. The van der Waals surface area contributed by atoms with E-state index in [1.54, 1.807) is 30.7 Å². The van der Waals surface area contributed by atoms with Gasteiger partial charge in [0.05, 0.1) is 24.3 Å². The lowest BCUT2D eigenvalue weighted by Crippen LogP contribution is -2.61. The van der Waals surface area contributed by atoms with E-state index in [4.69, 9.17) is 14.3 Å². The van der Waals surface area contributed by atoms with E-state index in [1.165, 1.54) is 24.5 Å². The van der Waals surface area contributed by atoms with Crippen LogP contribution in [0.25, 0.3) is 28.2 Å². The molecule has 6 rings (SSSR count). The highest BCUT2D eigenvalue weighted by atomic mass is 16.5. The average molecular weight is 610 g/mol. The normalized spacial score (nSPS) is 16.3. The Hall–Kier alpha value is -4.79. The first-order chi connectivity index (χ1) is 21.6. The number of carboxylic acids is 1. The lowest BCUT2D eigenvalue weighted by molar-refractivity contribution is -0.131. The third kappa shape index (κ3) is 5.99. The summed E-state index contributed by atoms with van der Waals surface area (Å²) in [5.41, 5.74) is 5.00. The van der Waals surface area contributed by atoms with Crippen molar-refractivity contribution in [2.75, 3.05) is 5.32 Å². The van der Waals surface area contributed by atoms with Gasteiger partial charge in [0.25, 0.3) is 5.91 Å². The van der Waals surface area contributed by atoms with Gasteiger partial charge in [-0.3, -0.25) is 9.59 Å². The van der Waals surface area contributed by atoms with Crippen molar-refractivity contribution in [2.45, 2.75) is 76.4 Å². The summed E-state index contributed by atoms with van der Waals surface area (Å²) in [6.07, 6.45) is 12.4. The summed E-state index contributed by atoms with van der Waals surface area (Å²) in [6.45, 7) is 3.74. The molecule has 9 heteroatoms. The number of nitrogens with zero attached hydrogens (tertiary/aromatic N) is 1. The minimum Gasteiger partial charge on any atom is -0.490 e. The summed E-state index contributed by atoms with van der Waals surface area (Å²) in [6, 6.07) is 12.9. The predicted molar refractivity (Wildman–Crippen MR) is 173 cm³/mol. The van der Waals surface area contributed by atoms with Crippen LogP contribution in [0, 0.1) is 0 Å². The Bertz CT molecular complexity index is 1770. The highest BCUT2D eigenvalue weighted by molar-refractivity contribution is 6.06. The van der Waals surface area contributed by atoms with Gasteiger partial charge in [-0.2, -0.15) is 0 Å². The van der Waals surface area contributed by atoms with E-state index in [0.29, 0.717) is 41.3 Å². The molecule has 0 radical (unpaired) electrons. The number of amides is 2. The maximum atomic E-state index is 13.7. The number of aryl methyl sites for hydroxylation is 1.